The summed E-state index contributed by atoms with van der Waals surface area (Å²) in [6, 6.07) is 1.60. The molecule has 2 nitrogen and oxygen atoms in total. The van der Waals surface area contributed by atoms with Crippen molar-refractivity contribution in [1.82, 2.24) is 10.2 Å². The summed E-state index contributed by atoms with van der Waals surface area (Å²) in [6.45, 7) is 14.1. The molecule has 18 heavy (non-hydrogen) atoms. The third kappa shape index (κ3) is 3.43. The van der Waals surface area contributed by atoms with Gasteiger partial charge in [-0.05, 0) is 53.0 Å². The van der Waals surface area contributed by atoms with Gasteiger partial charge in [-0.2, -0.15) is 11.8 Å². The molecule has 0 aromatic rings. The molecule has 1 saturated heterocycles. The third-order valence-corrected chi connectivity index (χ3v) is 5.97. The van der Waals surface area contributed by atoms with E-state index in [2.05, 4.69) is 56.6 Å². The first-order valence-corrected chi connectivity index (χ1v) is 8.56. The summed E-state index contributed by atoms with van der Waals surface area (Å²) < 4.78 is 0. The summed E-state index contributed by atoms with van der Waals surface area (Å²) in [5.74, 6) is 2.20. The van der Waals surface area contributed by atoms with Gasteiger partial charge in [0, 0.05) is 35.2 Å². The van der Waals surface area contributed by atoms with Crippen molar-refractivity contribution < 1.29 is 0 Å². The van der Waals surface area contributed by atoms with E-state index in [1.807, 2.05) is 0 Å². The molecule has 1 saturated carbocycles. The molecule has 2 fully saturated rings. The lowest BCUT2D eigenvalue weighted by Crippen LogP contribution is -2.58. The first-order chi connectivity index (χ1) is 8.38. The maximum atomic E-state index is 3.69. The Balaban J connectivity index is 1.85. The summed E-state index contributed by atoms with van der Waals surface area (Å²) in [7, 11) is 0. The van der Waals surface area contributed by atoms with Crippen LogP contribution in [-0.4, -0.2) is 46.6 Å². The van der Waals surface area contributed by atoms with Gasteiger partial charge in [-0.3, -0.25) is 4.90 Å². The van der Waals surface area contributed by atoms with Crippen molar-refractivity contribution in [2.75, 3.05) is 18.8 Å². The number of thioether (sulfide) groups is 1. The highest BCUT2D eigenvalue weighted by atomic mass is 32.2. The van der Waals surface area contributed by atoms with Crippen LogP contribution in [0.4, 0.5) is 0 Å². The van der Waals surface area contributed by atoms with Gasteiger partial charge in [0.15, 0.2) is 0 Å². The Bertz CT molecular complexity index is 274. The Hall–Kier alpha value is 0.270. The Kier molecular flexibility index (Phi) is 4.66. The molecular formula is C15H30N2S. The van der Waals surface area contributed by atoms with Crippen LogP contribution in [0.5, 0.6) is 0 Å². The van der Waals surface area contributed by atoms with Crippen LogP contribution in [0.1, 0.15) is 47.5 Å². The third-order valence-electron chi connectivity index (χ3n) is 4.63. The maximum absolute atomic E-state index is 3.69. The quantitative estimate of drug-likeness (QED) is 0.849. The average molecular weight is 270 g/mol. The molecule has 0 radical (unpaired) electrons. The Labute approximate surface area is 117 Å². The number of nitrogens with one attached hydrogen (secondary N) is 1. The molecule has 1 N–H and O–H groups in total. The van der Waals surface area contributed by atoms with E-state index in [0.717, 1.165) is 23.3 Å². The van der Waals surface area contributed by atoms with E-state index >= 15 is 0 Å². The van der Waals surface area contributed by atoms with E-state index in [0.29, 0.717) is 0 Å². The van der Waals surface area contributed by atoms with Gasteiger partial charge in [0.1, 0.15) is 0 Å². The number of rotatable bonds is 3. The molecule has 1 heterocycles. The SMILES string of the molecule is CC1SCCN(C2CCC2CNC(C)(C)C)C1C. The first kappa shape index (κ1) is 14.7. The maximum Gasteiger partial charge on any atom is 0.0187 e. The molecule has 1 aliphatic carbocycles. The molecule has 106 valence electrons. The van der Waals surface area contributed by atoms with Gasteiger partial charge in [-0.15, -0.1) is 0 Å². The minimum absolute atomic E-state index is 0.261. The van der Waals surface area contributed by atoms with E-state index in [4.69, 9.17) is 0 Å². The van der Waals surface area contributed by atoms with Gasteiger partial charge >= 0.3 is 0 Å². The molecule has 2 rings (SSSR count). The highest BCUT2D eigenvalue weighted by Gasteiger charge is 2.40. The fraction of sp³-hybridized carbons (Fsp3) is 1.00. The van der Waals surface area contributed by atoms with Gasteiger partial charge in [0.05, 0.1) is 0 Å². The van der Waals surface area contributed by atoms with Crippen LogP contribution < -0.4 is 5.32 Å². The lowest BCUT2D eigenvalue weighted by Gasteiger charge is -2.51. The summed E-state index contributed by atoms with van der Waals surface area (Å²) in [5, 5.41) is 4.49. The van der Waals surface area contributed by atoms with Crippen LogP contribution >= 0.6 is 11.8 Å². The highest BCUT2D eigenvalue weighted by molar-refractivity contribution is 8.00. The fourth-order valence-corrected chi connectivity index (χ4v) is 4.21. The number of hydrogen-bond acceptors (Lipinski definition) is 3. The van der Waals surface area contributed by atoms with Crippen molar-refractivity contribution in [1.29, 1.82) is 0 Å². The van der Waals surface area contributed by atoms with E-state index in [1.165, 1.54) is 31.7 Å². The average Bonchev–Trinajstić information content (AvgIpc) is 2.21. The van der Waals surface area contributed by atoms with Crippen LogP contribution in [0.3, 0.4) is 0 Å². The zero-order valence-corrected chi connectivity index (χ0v) is 13.5. The normalized spacial score (nSPS) is 38.5. The Morgan fingerprint density at radius 1 is 1.22 bits per heavy atom. The summed E-state index contributed by atoms with van der Waals surface area (Å²) in [6.07, 6.45) is 2.83. The van der Waals surface area contributed by atoms with Crippen LogP contribution in [0.2, 0.25) is 0 Å². The molecule has 0 aromatic heterocycles. The molecule has 0 bridgehead atoms. The van der Waals surface area contributed by atoms with E-state index < -0.39 is 0 Å². The van der Waals surface area contributed by atoms with E-state index in [9.17, 15) is 0 Å². The van der Waals surface area contributed by atoms with Crippen molar-refractivity contribution in [3.8, 4) is 0 Å². The Morgan fingerprint density at radius 3 is 2.50 bits per heavy atom. The molecular weight excluding hydrogens is 240 g/mol. The number of hydrogen-bond donors (Lipinski definition) is 1. The fourth-order valence-electron chi connectivity index (χ4n) is 3.09. The second-order valence-corrected chi connectivity index (χ2v) is 8.58. The summed E-state index contributed by atoms with van der Waals surface area (Å²) in [4.78, 5) is 2.79. The predicted octanol–water partition coefficient (Wildman–Crippen LogP) is 2.98. The topological polar surface area (TPSA) is 15.3 Å². The molecule has 0 aromatic carbocycles. The zero-order valence-electron chi connectivity index (χ0n) is 12.7. The standard InChI is InChI=1S/C15H30N2S/c1-11-12(2)18-9-8-17(11)14-7-6-13(14)10-16-15(3,4)5/h11-14,16H,6-10H2,1-5H3. The minimum Gasteiger partial charge on any atom is -0.312 e. The molecule has 4 unspecified atom stereocenters. The minimum atomic E-state index is 0.261. The second kappa shape index (κ2) is 5.72. The monoisotopic (exact) mass is 270 g/mol. The van der Waals surface area contributed by atoms with Crippen molar-refractivity contribution in [2.45, 2.75) is 70.3 Å². The number of nitrogens with zero attached hydrogens (tertiary/aromatic N) is 1. The van der Waals surface area contributed by atoms with Crippen molar-refractivity contribution in [2.24, 2.45) is 5.92 Å². The zero-order chi connectivity index (χ0) is 13.3. The van der Waals surface area contributed by atoms with Gasteiger partial charge in [-0.25, -0.2) is 0 Å². The van der Waals surface area contributed by atoms with Crippen LogP contribution in [-0.2, 0) is 0 Å². The molecule has 4 atom stereocenters. The summed E-state index contributed by atoms with van der Waals surface area (Å²) >= 11 is 2.14. The van der Waals surface area contributed by atoms with Crippen LogP contribution in [0.25, 0.3) is 0 Å². The van der Waals surface area contributed by atoms with Gasteiger partial charge < -0.3 is 5.32 Å². The van der Waals surface area contributed by atoms with Crippen LogP contribution in [0.15, 0.2) is 0 Å². The van der Waals surface area contributed by atoms with Crippen molar-refractivity contribution in [3.05, 3.63) is 0 Å². The van der Waals surface area contributed by atoms with Crippen LogP contribution in [0, 0.1) is 5.92 Å². The summed E-state index contributed by atoms with van der Waals surface area (Å²) in [5.41, 5.74) is 0.261. The largest absolute Gasteiger partial charge is 0.312 e. The van der Waals surface area contributed by atoms with Gasteiger partial charge in [-0.1, -0.05) is 6.92 Å². The second-order valence-electron chi connectivity index (χ2n) is 7.09. The molecule has 0 spiro atoms. The van der Waals surface area contributed by atoms with E-state index in [1.54, 1.807) is 0 Å². The van der Waals surface area contributed by atoms with E-state index in [-0.39, 0.29) is 5.54 Å². The molecule has 1 aliphatic heterocycles. The van der Waals surface area contributed by atoms with Gasteiger partial charge in [0.2, 0.25) is 0 Å². The lowest BCUT2D eigenvalue weighted by atomic mass is 9.77. The predicted molar refractivity (Wildman–Crippen MR) is 82.4 cm³/mol. The molecule has 0 amide bonds. The Morgan fingerprint density at radius 2 is 1.94 bits per heavy atom. The molecule has 3 heteroatoms. The van der Waals surface area contributed by atoms with Crippen molar-refractivity contribution in [3.63, 3.8) is 0 Å². The lowest BCUT2D eigenvalue weighted by molar-refractivity contribution is 0.0324. The van der Waals surface area contributed by atoms with Crippen molar-refractivity contribution >= 4 is 11.8 Å². The molecule has 2 aliphatic rings. The van der Waals surface area contributed by atoms with Gasteiger partial charge in [0.25, 0.3) is 0 Å². The highest BCUT2D eigenvalue weighted by Crippen LogP contribution is 2.37. The first-order valence-electron chi connectivity index (χ1n) is 7.51. The smallest absolute Gasteiger partial charge is 0.0187 e.